The van der Waals surface area contributed by atoms with Crippen LogP contribution in [0, 0.1) is 5.92 Å². The van der Waals surface area contributed by atoms with Gasteiger partial charge in [0.15, 0.2) is 5.76 Å². The molecule has 1 aromatic rings. The maximum Gasteiger partial charge on any atom is 0.287 e. The second-order valence-corrected chi connectivity index (χ2v) is 6.35. The largest absolute Gasteiger partial charge is 0.455 e. The van der Waals surface area contributed by atoms with Crippen molar-refractivity contribution in [2.45, 2.75) is 33.2 Å². The molecule has 1 N–H and O–H groups in total. The second kappa shape index (κ2) is 9.42. The maximum atomic E-state index is 12.6. The molecule has 0 saturated carbocycles. The summed E-state index contributed by atoms with van der Waals surface area (Å²) in [5.41, 5.74) is 0. The van der Waals surface area contributed by atoms with E-state index < -0.39 is 0 Å². The van der Waals surface area contributed by atoms with Crippen molar-refractivity contribution in [2.75, 3.05) is 32.7 Å². The summed E-state index contributed by atoms with van der Waals surface area (Å²) < 4.78 is 5.65. The Kier molecular flexibility index (Phi) is 7.25. The first-order chi connectivity index (χ1) is 12.1. The summed E-state index contributed by atoms with van der Waals surface area (Å²) in [6.07, 6.45) is 3.58. The highest BCUT2D eigenvalue weighted by Crippen LogP contribution is 2.21. The zero-order chi connectivity index (χ0) is 18.2. The first-order valence-electron chi connectivity index (χ1n) is 9.07. The Morgan fingerprint density at radius 3 is 2.84 bits per heavy atom. The van der Waals surface area contributed by atoms with Gasteiger partial charge in [-0.3, -0.25) is 14.5 Å². The minimum Gasteiger partial charge on any atom is -0.455 e. The number of furan rings is 1. The van der Waals surface area contributed by atoms with Gasteiger partial charge in [0.05, 0.1) is 12.5 Å². The maximum absolute atomic E-state index is 12.6. The van der Waals surface area contributed by atoms with Crippen LogP contribution in [0.25, 0.3) is 0 Å². The Morgan fingerprint density at radius 2 is 2.16 bits per heavy atom. The molecule has 2 heterocycles. The lowest BCUT2D eigenvalue weighted by Crippen LogP contribution is -2.44. The van der Waals surface area contributed by atoms with E-state index in [0.717, 1.165) is 44.8 Å². The number of piperidine rings is 1. The second-order valence-electron chi connectivity index (χ2n) is 6.35. The average molecular weight is 347 g/mol. The van der Waals surface area contributed by atoms with Gasteiger partial charge in [-0.2, -0.15) is 0 Å². The van der Waals surface area contributed by atoms with E-state index in [2.05, 4.69) is 16.8 Å². The van der Waals surface area contributed by atoms with Gasteiger partial charge < -0.3 is 14.6 Å². The summed E-state index contributed by atoms with van der Waals surface area (Å²) in [6.45, 7) is 11.8. The van der Waals surface area contributed by atoms with Crippen LogP contribution in [0.1, 0.15) is 43.0 Å². The van der Waals surface area contributed by atoms with Crippen molar-refractivity contribution in [1.29, 1.82) is 0 Å². The lowest BCUT2D eigenvalue weighted by Gasteiger charge is -2.34. The zero-order valence-corrected chi connectivity index (χ0v) is 15.3. The normalized spacial score (nSPS) is 17.9. The van der Waals surface area contributed by atoms with Gasteiger partial charge in [-0.15, -0.1) is 6.58 Å². The summed E-state index contributed by atoms with van der Waals surface area (Å²) in [5.74, 6) is 1.13. The Balaban J connectivity index is 1.92. The first-order valence-corrected chi connectivity index (χ1v) is 9.07. The number of amides is 2. The SMILES string of the molecule is C=CCNC(=O)c1ccc(CN2CCC[C@H](C(=O)N(CC)CC)C2)o1. The van der Waals surface area contributed by atoms with Crippen molar-refractivity contribution in [3.8, 4) is 0 Å². The van der Waals surface area contributed by atoms with Crippen molar-refractivity contribution in [2.24, 2.45) is 5.92 Å². The first kappa shape index (κ1) is 19.2. The van der Waals surface area contributed by atoms with E-state index in [1.54, 1.807) is 12.1 Å². The molecule has 2 amide bonds. The average Bonchev–Trinajstić information content (AvgIpc) is 3.09. The van der Waals surface area contributed by atoms with Crippen molar-refractivity contribution < 1.29 is 14.0 Å². The molecule has 1 aliphatic rings. The summed E-state index contributed by atoms with van der Waals surface area (Å²) in [6, 6.07) is 3.52. The third kappa shape index (κ3) is 5.19. The van der Waals surface area contributed by atoms with Gasteiger partial charge in [-0.05, 0) is 45.4 Å². The highest BCUT2D eigenvalue weighted by Gasteiger charge is 2.28. The molecule has 0 bridgehead atoms. The quantitative estimate of drug-likeness (QED) is 0.733. The molecule has 0 unspecified atom stereocenters. The number of likely N-dealkylation sites (tertiary alicyclic amines) is 1. The molecular weight excluding hydrogens is 318 g/mol. The van der Waals surface area contributed by atoms with Crippen LogP contribution < -0.4 is 5.32 Å². The van der Waals surface area contributed by atoms with Gasteiger partial charge in [0.2, 0.25) is 5.91 Å². The molecular formula is C19H29N3O3. The summed E-state index contributed by atoms with van der Waals surface area (Å²) in [4.78, 5) is 28.6. The van der Waals surface area contributed by atoms with Gasteiger partial charge in [-0.1, -0.05) is 6.08 Å². The van der Waals surface area contributed by atoms with E-state index in [1.165, 1.54) is 0 Å². The molecule has 0 aromatic carbocycles. The third-order valence-corrected chi connectivity index (χ3v) is 4.60. The summed E-state index contributed by atoms with van der Waals surface area (Å²) in [5, 5.41) is 2.70. The lowest BCUT2D eigenvalue weighted by atomic mass is 9.96. The Labute approximate surface area is 149 Å². The molecule has 1 aliphatic heterocycles. The molecule has 1 atom stereocenters. The predicted molar refractivity (Wildman–Crippen MR) is 97.2 cm³/mol. The van der Waals surface area contributed by atoms with Crippen LogP contribution in [0.2, 0.25) is 0 Å². The van der Waals surface area contributed by atoms with Crippen LogP contribution >= 0.6 is 0 Å². The van der Waals surface area contributed by atoms with Crippen LogP contribution in [-0.4, -0.2) is 54.3 Å². The van der Waals surface area contributed by atoms with Crippen molar-refractivity contribution in [3.05, 3.63) is 36.3 Å². The smallest absolute Gasteiger partial charge is 0.287 e. The summed E-state index contributed by atoms with van der Waals surface area (Å²) in [7, 11) is 0. The highest BCUT2D eigenvalue weighted by atomic mass is 16.4. The van der Waals surface area contributed by atoms with Gasteiger partial charge in [0.1, 0.15) is 5.76 Å². The number of rotatable bonds is 8. The Morgan fingerprint density at radius 1 is 1.40 bits per heavy atom. The summed E-state index contributed by atoms with van der Waals surface area (Å²) >= 11 is 0. The predicted octanol–water partition coefficient (Wildman–Crippen LogP) is 2.28. The monoisotopic (exact) mass is 347 g/mol. The van der Waals surface area contributed by atoms with Crippen LogP contribution in [0.4, 0.5) is 0 Å². The molecule has 25 heavy (non-hydrogen) atoms. The number of carbonyl (C=O) groups excluding carboxylic acids is 2. The van der Waals surface area contributed by atoms with Crippen molar-refractivity contribution in [3.63, 3.8) is 0 Å². The van der Waals surface area contributed by atoms with Gasteiger partial charge >= 0.3 is 0 Å². The molecule has 0 spiro atoms. The molecule has 6 nitrogen and oxygen atoms in total. The molecule has 138 valence electrons. The van der Waals surface area contributed by atoms with Crippen molar-refractivity contribution in [1.82, 2.24) is 15.1 Å². The molecule has 1 aromatic heterocycles. The fourth-order valence-electron chi connectivity index (χ4n) is 3.25. The minimum atomic E-state index is -0.237. The van der Waals surface area contributed by atoms with Crippen molar-refractivity contribution >= 4 is 11.8 Å². The van der Waals surface area contributed by atoms with E-state index in [-0.39, 0.29) is 17.7 Å². The number of nitrogens with one attached hydrogen (secondary N) is 1. The lowest BCUT2D eigenvalue weighted by molar-refractivity contribution is -0.137. The fraction of sp³-hybridized carbons (Fsp3) is 0.579. The van der Waals surface area contributed by atoms with E-state index in [0.29, 0.717) is 18.8 Å². The van der Waals surface area contributed by atoms with Gasteiger partial charge in [0.25, 0.3) is 5.91 Å². The highest BCUT2D eigenvalue weighted by molar-refractivity contribution is 5.91. The molecule has 2 rings (SSSR count). The van der Waals surface area contributed by atoms with Crippen LogP contribution in [0.3, 0.4) is 0 Å². The van der Waals surface area contributed by atoms with Gasteiger partial charge in [-0.25, -0.2) is 0 Å². The van der Waals surface area contributed by atoms with Crippen LogP contribution in [0.5, 0.6) is 0 Å². The molecule has 0 aliphatic carbocycles. The standard InChI is InChI=1S/C19H29N3O3/c1-4-11-20-18(23)17-10-9-16(25-17)14-21-12-7-8-15(13-21)19(24)22(5-2)6-3/h4,9-10,15H,1,5-8,11-14H2,2-3H3,(H,20,23)/t15-/m0/s1. The van der Waals surface area contributed by atoms with E-state index >= 15 is 0 Å². The number of hydrogen-bond acceptors (Lipinski definition) is 4. The van der Waals surface area contributed by atoms with Crippen LogP contribution in [0.15, 0.2) is 29.2 Å². The van der Waals surface area contributed by atoms with E-state index in [4.69, 9.17) is 4.42 Å². The third-order valence-electron chi connectivity index (χ3n) is 4.60. The topological polar surface area (TPSA) is 65.8 Å². The van der Waals surface area contributed by atoms with Gasteiger partial charge in [0, 0.05) is 26.2 Å². The number of nitrogens with zero attached hydrogens (tertiary/aromatic N) is 2. The van der Waals surface area contributed by atoms with E-state index in [9.17, 15) is 9.59 Å². The molecule has 0 radical (unpaired) electrons. The number of hydrogen-bond donors (Lipinski definition) is 1. The Bertz CT molecular complexity index is 592. The molecule has 1 saturated heterocycles. The minimum absolute atomic E-state index is 0.0546. The zero-order valence-electron chi connectivity index (χ0n) is 15.3. The number of carbonyl (C=O) groups is 2. The van der Waals surface area contributed by atoms with Crippen LogP contribution in [-0.2, 0) is 11.3 Å². The Hall–Kier alpha value is -2.08. The molecule has 6 heteroatoms. The van der Waals surface area contributed by atoms with E-state index in [1.807, 2.05) is 24.8 Å². The fourth-order valence-corrected chi connectivity index (χ4v) is 3.25. The molecule has 1 fully saturated rings.